The number of hydrogen-bond donors (Lipinski definition) is 1. The van der Waals surface area contributed by atoms with Gasteiger partial charge in [-0.1, -0.05) is 32.7 Å². The van der Waals surface area contributed by atoms with E-state index in [0.717, 1.165) is 65.2 Å². The van der Waals surface area contributed by atoms with Gasteiger partial charge in [-0.2, -0.15) is 0 Å². The molecule has 0 aromatic rings. The van der Waals surface area contributed by atoms with Crippen LogP contribution in [0.1, 0.15) is 47.5 Å². The quantitative estimate of drug-likeness (QED) is 0.683. The van der Waals surface area contributed by atoms with Crippen LogP contribution in [-0.2, 0) is 4.79 Å². The van der Waals surface area contributed by atoms with Gasteiger partial charge in [-0.25, -0.2) is 0 Å². The van der Waals surface area contributed by atoms with Crippen molar-refractivity contribution in [1.82, 2.24) is 19.4 Å². The SMILES string of the molecule is CCN1CCN(CC2(C(=O)NCC(C)C)CCN(SC)CC2)CC1(C)C. The molecule has 5 nitrogen and oxygen atoms in total. The molecule has 26 heavy (non-hydrogen) atoms. The molecule has 2 aliphatic rings. The van der Waals surface area contributed by atoms with Crippen LogP contribution < -0.4 is 5.32 Å². The minimum atomic E-state index is -0.231. The van der Waals surface area contributed by atoms with Gasteiger partial charge in [0.2, 0.25) is 5.91 Å². The van der Waals surface area contributed by atoms with Crippen LogP contribution in [0.3, 0.4) is 0 Å². The van der Waals surface area contributed by atoms with Gasteiger partial charge in [0.25, 0.3) is 0 Å². The number of piperazine rings is 1. The molecule has 0 aromatic carbocycles. The molecule has 1 amide bonds. The van der Waals surface area contributed by atoms with E-state index in [4.69, 9.17) is 0 Å². The zero-order valence-electron chi connectivity index (χ0n) is 17.8. The maximum absolute atomic E-state index is 13.2. The summed E-state index contributed by atoms with van der Waals surface area (Å²) in [5, 5.41) is 3.25. The summed E-state index contributed by atoms with van der Waals surface area (Å²) in [5.41, 5.74) is -0.0475. The van der Waals surface area contributed by atoms with Crippen molar-refractivity contribution >= 4 is 17.9 Å². The first kappa shape index (κ1) is 22.0. The molecule has 0 radical (unpaired) electrons. The van der Waals surface area contributed by atoms with Crippen molar-refractivity contribution in [3.8, 4) is 0 Å². The number of likely N-dealkylation sites (N-methyl/N-ethyl adjacent to an activating group) is 1. The van der Waals surface area contributed by atoms with E-state index in [1.54, 1.807) is 11.9 Å². The zero-order chi connectivity index (χ0) is 19.4. The summed E-state index contributed by atoms with van der Waals surface area (Å²) in [5.74, 6) is 0.775. The fourth-order valence-electron chi connectivity index (χ4n) is 4.48. The molecule has 0 aliphatic carbocycles. The fourth-order valence-corrected chi connectivity index (χ4v) is 5.03. The average Bonchev–Trinajstić information content (AvgIpc) is 2.59. The molecule has 1 N–H and O–H groups in total. The summed E-state index contributed by atoms with van der Waals surface area (Å²) in [6.45, 7) is 19.3. The molecule has 0 saturated carbocycles. The topological polar surface area (TPSA) is 38.8 Å². The Morgan fingerprint density at radius 2 is 1.81 bits per heavy atom. The lowest BCUT2D eigenvalue weighted by atomic mass is 9.76. The highest BCUT2D eigenvalue weighted by molar-refractivity contribution is 7.96. The highest BCUT2D eigenvalue weighted by Gasteiger charge is 2.44. The summed E-state index contributed by atoms with van der Waals surface area (Å²) in [7, 11) is 0. The molecule has 2 heterocycles. The number of carbonyl (C=O) groups excluding carboxylic acids is 1. The van der Waals surface area contributed by atoms with E-state index in [9.17, 15) is 4.79 Å². The first-order valence-electron chi connectivity index (χ1n) is 10.3. The van der Waals surface area contributed by atoms with Crippen LogP contribution in [0.25, 0.3) is 0 Å². The maximum Gasteiger partial charge on any atom is 0.227 e. The number of nitrogens with zero attached hydrogens (tertiary/aromatic N) is 3. The van der Waals surface area contributed by atoms with Gasteiger partial charge in [0.15, 0.2) is 0 Å². The highest BCUT2D eigenvalue weighted by atomic mass is 32.2. The van der Waals surface area contributed by atoms with Crippen LogP contribution in [0.5, 0.6) is 0 Å². The molecule has 2 saturated heterocycles. The Labute approximate surface area is 165 Å². The Balaban J connectivity index is 2.08. The predicted octanol–water partition coefficient (Wildman–Crippen LogP) is 2.53. The van der Waals surface area contributed by atoms with Gasteiger partial charge in [-0.3, -0.25) is 18.9 Å². The summed E-state index contributed by atoms with van der Waals surface area (Å²) in [6, 6.07) is 0. The Bertz CT molecular complexity index is 461. The number of carbonyl (C=O) groups is 1. The van der Waals surface area contributed by atoms with Crippen molar-refractivity contribution in [3.05, 3.63) is 0 Å². The first-order valence-corrected chi connectivity index (χ1v) is 11.5. The van der Waals surface area contributed by atoms with Crippen LogP contribution >= 0.6 is 11.9 Å². The van der Waals surface area contributed by atoms with Gasteiger partial charge in [-0.05, 0) is 45.4 Å². The number of amides is 1. The molecule has 0 bridgehead atoms. The second-order valence-corrected chi connectivity index (χ2v) is 9.98. The second-order valence-electron chi connectivity index (χ2n) is 9.10. The Hall–Kier alpha value is -0.300. The normalized spacial score (nSPS) is 24.7. The Kier molecular flexibility index (Phi) is 7.84. The molecule has 2 aliphatic heterocycles. The molecule has 0 atom stereocenters. The van der Waals surface area contributed by atoms with Crippen LogP contribution in [0.2, 0.25) is 0 Å². The van der Waals surface area contributed by atoms with Gasteiger partial charge >= 0.3 is 0 Å². The van der Waals surface area contributed by atoms with Gasteiger partial charge in [0.1, 0.15) is 0 Å². The van der Waals surface area contributed by atoms with Crippen LogP contribution in [0.15, 0.2) is 0 Å². The van der Waals surface area contributed by atoms with Crippen molar-refractivity contribution in [2.45, 2.75) is 53.0 Å². The van der Waals surface area contributed by atoms with Crippen molar-refractivity contribution in [2.75, 3.05) is 58.6 Å². The predicted molar refractivity (Wildman–Crippen MR) is 112 cm³/mol. The summed E-state index contributed by atoms with van der Waals surface area (Å²) >= 11 is 1.81. The minimum Gasteiger partial charge on any atom is -0.355 e. The van der Waals surface area contributed by atoms with E-state index < -0.39 is 0 Å². The monoisotopic (exact) mass is 384 g/mol. The second kappa shape index (κ2) is 9.26. The van der Waals surface area contributed by atoms with E-state index >= 15 is 0 Å². The van der Waals surface area contributed by atoms with Gasteiger partial charge < -0.3 is 5.32 Å². The van der Waals surface area contributed by atoms with E-state index in [-0.39, 0.29) is 16.9 Å². The lowest BCUT2D eigenvalue weighted by molar-refractivity contribution is -0.136. The molecule has 0 unspecified atom stereocenters. The molecule has 6 heteroatoms. The number of piperidine rings is 1. The molecular formula is C20H40N4OS. The van der Waals surface area contributed by atoms with Crippen molar-refractivity contribution < 1.29 is 4.79 Å². The zero-order valence-corrected chi connectivity index (χ0v) is 18.6. The molecule has 2 rings (SSSR count). The van der Waals surface area contributed by atoms with E-state index in [2.05, 4.69) is 60.3 Å². The highest BCUT2D eigenvalue weighted by Crippen LogP contribution is 2.36. The molecular weight excluding hydrogens is 344 g/mol. The van der Waals surface area contributed by atoms with Crippen molar-refractivity contribution in [3.63, 3.8) is 0 Å². The van der Waals surface area contributed by atoms with E-state index in [1.165, 1.54) is 0 Å². The third-order valence-corrected chi connectivity index (χ3v) is 7.03. The lowest BCUT2D eigenvalue weighted by Crippen LogP contribution is -2.62. The van der Waals surface area contributed by atoms with Crippen LogP contribution in [-0.4, -0.2) is 84.2 Å². The fraction of sp³-hybridized carbons (Fsp3) is 0.950. The standard InChI is InChI=1S/C20H40N4OS/c1-7-23-13-12-22(15-19(23,4)5)16-20(18(25)21-14-17(2)3)8-10-24(26-6)11-9-20/h17H,7-16H2,1-6H3,(H,21,25). The van der Waals surface area contributed by atoms with E-state index in [0.29, 0.717) is 5.92 Å². The molecule has 0 aromatic heterocycles. The molecule has 152 valence electrons. The molecule has 2 fully saturated rings. The van der Waals surface area contributed by atoms with Gasteiger partial charge in [0, 0.05) is 51.4 Å². The van der Waals surface area contributed by atoms with E-state index in [1.807, 2.05) is 0 Å². The van der Waals surface area contributed by atoms with Crippen LogP contribution in [0, 0.1) is 11.3 Å². The van der Waals surface area contributed by atoms with Gasteiger partial charge in [0.05, 0.1) is 5.41 Å². The largest absolute Gasteiger partial charge is 0.355 e. The van der Waals surface area contributed by atoms with Crippen molar-refractivity contribution in [2.24, 2.45) is 11.3 Å². The number of nitrogens with one attached hydrogen (secondary N) is 1. The lowest BCUT2D eigenvalue weighted by Gasteiger charge is -2.50. The third-order valence-electron chi connectivity index (χ3n) is 6.15. The minimum absolute atomic E-state index is 0.183. The number of hydrogen-bond acceptors (Lipinski definition) is 5. The third kappa shape index (κ3) is 5.37. The first-order chi connectivity index (χ1) is 12.2. The van der Waals surface area contributed by atoms with Crippen molar-refractivity contribution in [1.29, 1.82) is 0 Å². The van der Waals surface area contributed by atoms with Crippen LogP contribution in [0.4, 0.5) is 0 Å². The maximum atomic E-state index is 13.2. The Morgan fingerprint density at radius 1 is 1.15 bits per heavy atom. The molecule has 0 spiro atoms. The summed E-state index contributed by atoms with van der Waals surface area (Å²) in [6.07, 6.45) is 4.07. The Morgan fingerprint density at radius 3 is 2.31 bits per heavy atom. The summed E-state index contributed by atoms with van der Waals surface area (Å²) in [4.78, 5) is 18.3. The smallest absolute Gasteiger partial charge is 0.227 e. The number of rotatable bonds is 7. The van der Waals surface area contributed by atoms with Gasteiger partial charge in [-0.15, -0.1) is 0 Å². The summed E-state index contributed by atoms with van der Waals surface area (Å²) < 4.78 is 2.40. The average molecular weight is 385 g/mol.